The van der Waals surface area contributed by atoms with Crippen molar-refractivity contribution >= 4 is 28.5 Å². The first-order valence-corrected chi connectivity index (χ1v) is 14.3. The number of rotatable bonds is 3. The fraction of sp³-hybridized carbons (Fsp3) is 0.303. The maximum absolute atomic E-state index is 14.6. The zero-order valence-electron chi connectivity index (χ0n) is 24.7. The first-order valence-electron chi connectivity index (χ1n) is 14.3. The lowest BCUT2D eigenvalue weighted by Gasteiger charge is -2.39. The number of ether oxygens (including phenoxy) is 4. The van der Waals surface area contributed by atoms with Crippen molar-refractivity contribution in [2.24, 2.45) is 0 Å². The molecule has 3 heterocycles. The highest BCUT2D eigenvalue weighted by molar-refractivity contribution is 5.95. The number of benzene rings is 3. The number of piperidine rings is 1. The number of halogens is 1. The molecular formula is C33H33FN4O6. The lowest BCUT2D eigenvalue weighted by atomic mass is 10.00. The Bertz CT molecular complexity index is 1730. The number of amides is 2. The SMILES string of the molecule is COc1ccc2cc1OCC(=O)NCc1cc(F)cc(c1)O[C@@H]1CCN(c3cc(C)c4cccc(OC)c4n3)C[C@@H]1NC2=O. The van der Waals surface area contributed by atoms with E-state index < -0.39 is 23.9 Å². The van der Waals surface area contributed by atoms with E-state index in [-0.39, 0.29) is 24.8 Å². The summed E-state index contributed by atoms with van der Waals surface area (Å²) in [5.41, 5.74) is 2.66. The van der Waals surface area contributed by atoms with Crippen LogP contribution in [0.15, 0.2) is 60.7 Å². The summed E-state index contributed by atoms with van der Waals surface area (Å²) in [6.45, 7) is 2.78. The summed E-state index contributed by atoms with van der Waals surface area (Å²) in [5.74, 6) is 1.10. The van der Waals surface area contributed by atoms with Gasteiger partial charge in [0.15, 0.2) is 18.1 Å². The van der Waals surface area contributed by atoms with E-state index in [1.165, 1.54) is 19.2 Å². The molecule has 4 aromatic rings. The zero-order valence-corrected chi connectivity index (χ0v) is 24.7. The van der Waals surface area contributed by atoms with Gasteiger partial charge in [-0.2, -0.15) is 0 Å². The van der Waals surface area contributed by atoms with Gasteiger partial charge in [0, 0.05) is 43.1 Å². The van der Waals surface area contributed by atoms with Crippen molar-refractivity contribution in [2.45, 2.75) is 32.0 Å². The van der Waals surface area contributed by atoms with Crippen LogP contribution in [0.2, 0.25) is 0 Å². The van der Waals surface area contributed by atoms with Crippen molar-refractivity contribution < 1.29 is 32.9 Å². The molecule has 0 aliphatic carbocycles. The number of carbonyl (C=O) groups is 2. The molecule has 1 aromatic heterocycles. The third-order valence-corrected chi connectivity index (χ3v) is 7.90. The number of anilines is 1. The molecule has 0 radical (unpaired) electrons. The number of carbonyl (C=O) groups excluding carboxylic acids is 2. The van der Waals surface area contributed by atoms with Crippen LogP contribution in [0, 0.1) is 12.7 Å². The van der Waals surface area contributed by atoms with E-state index in [1.54, 1.807) is 31.4 Å². The number of fused-ring (bicyclic) bond motifs is 6. The predicted octanol–water partition coefficient (Wildman–Crippen LogP) is 4.16. The molecule has 2 aliphatic heterocycles. The number of nitrogens with zero attached hydrogens (tertiary/aromatic N) is 2. The smallest absolute Gasteiger partial charge is 0.258 e. The van der Waals surface area contributed by atoms with Gasteiger partial charge in [-0.05, 0) is 60.5 Å². The standard InChI is InChI=1S/C33H33FN4O6/c1-19-11-30(37-32-24(19)5-4-6-28(32)42-3)38-10-9-26-25(17-38)36-33(40)21-7-8-27(41-2)29(14-21)43-18-31(39)35-16-20-12-22(34)15-23(13-20)44-26/h4-8,11-15,25-26H,9-10,16-18H2,1-3H3,(H,35,39)(H,36,40)/t25-,26+/m0/s1. The van der Waals surface area contributed by atoms with Crippen LogP contribution < -0.4 is 34.5 Å². The highest BCUT2D eigenvalue weighted by Crippen LogP contribution is 2.32. The van der Waals surface area contributed by atoms with Gasteiger partial charge >= 0.3 is 0 Å². The lowest BCUT2D eigenvalue weighted by Crippen LogP contribution is -2.57. The summed E-state index contributed by atoms with van der Waals surface area (Å²) >= 11 is 0. The second-order valence-corrected chi connectivity index (χ2v) is 10.9. The summed E-state index contributed by atoms with van der Waals surface area (Å²) in [6.07, 6.45) is 0.0484. The van der Waals surface area contributed by atoms with Crippen LogP contribution in [0.1, 0.15) is 27.9 Å². The van der Waals surface area contributed by atoms with E-state index in [1.807, 2.05) is 31.2 Å². The molecule has 0 saturated carbocycles. The quantitative estimate of drug-likeness (QED) is 0.361. The van der Waals surface area contributed by atoms with Crippen LogP contribution in [-0.2, 0) is 11.3 Å². The van der Waals surface area contributed by atoms with Gasteiger partial charge in [-0.3, -0.25) is 9.59 Å². The average molecular weight is 601 g/mol. The lowest BCUT2D eigenvalue weighted by molar-refractivity contribution is -0.123. The van der Waals surface area contributed by atoms with Crippen LogP contribution in [0.4, 0.5) is 10.2 Å². The Morgan fingerprint density at radius 1 is 1.02 bits per heavy atom. The number of para-hydroxylation sites is 1. The molecule has 1 saturated heterocycles. The molecular weight excluding hydrogens is 567 g/mol. The third-order valence-electron chi connectivity index (χ3n) is 7.90. The topological polar surface area (TPSA) is 111 Å². The molecule has 2 N–H and O–H groups in total. The van der Waals surface area contributed by atoms with Crippen molar-refractivity contribution in [3.05, 3.63) is 83.2 Å². The van der Waals surface area contributed by atoms with Gasteiger partial charge in [-0.15, -0.1) is 0 Å². The van der Waals surface area contributed by atoms with Crippen LogP contribution in [-0.4, -0.2) is 62.9 Å². The van der Waals surface area contributed by atoms with E-state index in [4.69, 9.17) is 23.9 Å². The average Bonchev–Trinajstić information content (AvgIpc) is 3.02. The number of hydrogen-bond donors (Lipinski definition) is 2. The second kappa shape index (κ2) is 12.3. The Kier molecular flexibility index (Phi) is 8.10. The Balaban J connectivity index is 1.36. The number of aromatic nitrogens is 1. The van der Waals surface area contributed by atoms with Gasteiger partial charge in [0.25, 0.3) is 11.8 Å². The highest BCUT2D eigenvalue weighted by Gasteiger charge is 2.34. The van der Waals surface area contributed by atoms with Crippen LogP contribution in [0.5, 0.6) is 23.0 Å². The monoisotopic (exact) mass is 600 g/mol. The largest absolute Gasteiger partial charge is 0.494 e. The maximum Gasteiger partial charge on any atom is 0.258 e. The summed E-state index contributed by atoms with van der Waals surface area (Å²) in [7, 11) is 3.10. The minimum Gasteiger partial charge on any atom is -0.494 e. The molecule has 6 rings (SSSR count). The maximum atomic E-state index is 14.6. The molecule has 228 valence electrons. The Morgan fingerprint density at radius 3 is 2.68 bits per heavy atom. The van der Waals surface area contributed by atoms with Crippen LogP contribution in [0.3, 0.4) is 0 Å². The van der Waals surface area contributed by atoms with Gasteiger partial charge in [0.05, 0.1) is 20.3 Å². The van der Waals surface area contributed by atoms with E-state index >= 15 is 0 Å². The van der Waals surface area contributed by atoms with Gasteiger partial charge < -0.3 is 34.5 Å². The van der Waals surface area contributed by atoms with Gasteiger partial charge in [0.2, 0.25) is 0 Å². The molecule has 1 fully saturated rings. The highest BCUT2D eigenvalue weighted by atomic mass is 19.1. The second-order valence-electron chi connectivity index (χ2n) is 10.9. The van der Waals surface area contributed by atoms with Crippen molar-refractivity contribution in [2.75, 3.05) is 38.8 Å². The third kappa shape index (κ3) is 6.03. The first-order chi connectivity index (χ1) is 21.3. The number of hydrogen-bond acceptors (Lipinski definition) is 8. The minimum absolute atomic E-state index is 0.0859. The fourth-order valence-electron chi connectivity index (χ4n) is 5.66. The van der Waals surface area contributed by atoms with E-state index in [2.05, 4.69) is 15.5 Å². The summed E-state index contributed by atoms with van der Waals surface area (Å²) < 4.78 is 37.6. The van der Waals surface area contributed by atoms with Gasteiger partial charge in [0.1, 0.15) is 34.8 Å². The summed E-state index contributed by atoms with van der Waals surface area (Å²) in [6, 6.07) is 16.5. The van der Waals surface area contributed by atoms with E-state index in [0.717, 1.165) is 22.3 Å². The Hall–Kier alpha value is -5.06. The first kappa shape index (κ1) is 29.0. The van der Waals surface area contributed by atoms with Crippen molar-refractivity contribution in [3.8, 4) is 23.0 Å². The predicted molar refractivity (Wildman–Crippen MR) is 162 cm³/mol. The molecule has 44 heavy (non-hydrogen) atoms. The molecule has 0 spiro atoms. The molecule has 4 bridgehead atoms. The molecule has 2 amide bonds. The molecule has 11 heteroatoms. The molecule has 2 aliphatic rings. The normalized spacial score (nSPS) is 18.8. The van der Waals surface area contributed by atoms with Gasteiger partial charge in [-0.1, -0.05) is 12.1 Å². The fourth-order valence-corrected chi connectivity index (χ4v) is 5.66. The Morgan fingerprint density at radius 2 is 1.86 bits per heavy atom. The van der Waals surface area contributed by atoms with Crippen molar-refractivity contribution in [3.63, 3.8) is 0 Å². The number of pyridine rings is 1. The Labute approximate surface area is 254 Å². The van der Waals surface area contributed by atoms with Crippen LogP contribution >= 0.6 is 0 Å². The zero-order chi connectivity index (χ0) is 30.8. The van der Waals surface area contributed by atoms with Crippen molar-refractivity contribution in [1.82, 2.24) is 15.6 Å². The molecule has 3 aromatic carbocycles. The minimum atomic E-state index is -0.494. The summed E-state index contributed by atoms with van der Waals surface area (Å²) in [4.78, 5) is 33.2. The summed E-state index contributed by atoms with van der Waals surface area (Å²) in [5, 5.41) is 6.86. The van der Waals surface area contributed by atoms with Gasteiger partial charge in [-0.25, -0.2) is 9.37 Å². The number of methoxy groups -OCH3 is 2. The molecule has 0 unspecified atom stereocenters. The van der Waals surface area contributed by atoms with E-state index in [9.17, 15) is 14.0 Å². The molecule has 2 atom stereocenters. The van der Waals surface area contributed by atoms with E-state index in [0.29, 0.717) is 47.9 Å². The van der Waals surface area contributed by atoms with Crippen LogP contribution in [0.25, 0.3) is 10.9 Å². The van der Waals surface area contributed by atoms with Crippen molar-refractivity contribution in [1.29, 1.82) is 0 Å². The number of aryl methyl sites for hydroxylation is 1. The molecule has 10 nitrogen and oxygen atoms in total. The number of nitrogens with one attached hydrogen (secondary N) is 2.